The average molecular weight is 312 g/mol. The lowest BCUT2D eigenvalue weighted by Gasteiger charge is -2.13. The van der Waals surface area contributed by atoms with E-state index in [4.69, 9.17) is 16.7 Å². The van der Waals surface area contributed by atoms with Gasteiger partial charge in [-0.2, -0.15) is 4.72 Å². The minimum Gasteiger partial charge on any atom is -0.480 e. The van der Waals surface area contributed by atoms with Crippen LogP contribution in [0.15, 0.2) is 15.7 Å². The number of carboxylic acid groups (broad SMARTS) is 1. The molecule has 1 rings (SSSR count). The number of aliphatic carboxylic acids is 1. The Morgan fingerprint density at radius 2 is 2.28 bits per heavy atom. The molecular formula is C10H14ClNO4S2. The van der Waals surface area contributed by atoms with E-state index in [0.29, 0.717) is 6.42 Å². The molecule has 0 fully saturated rings. The number of unbranched alkanes of at least 4 members (excludes halogenated alkanes) is 1. The summed E-state index contributed by atoms with van der Waals surface area (Å²) in [6, 6.07) is 0.343. The van der Waals surface area contributed by atoms with E-state index in [1.807, 2.05) is 6.92 Å². The third kappa shape index (κ3) is 3.94. The minimum absolute atomic E-state index is 0.0492. The van der Waals surface area contributed by atoms with Crippen LogP contribution in [0.4, 0.5) is 0 Å². The van der Waals surface area contributed by atoms with Gasteiger partial charge in [-0.15, -0.1) is 11.3 Å². The van der Waals surface area contributed by atoms with Crippen molar-refractivity contribution in [3.63, 3.8) is 0 Å². The summed E-state index contributed by atoms with van der Waals surface area (Å²) < 4.78 is 26.0. The number of sulfonamides is 1. The van der Waals surface area contributed by atoms with E-state index in [1.165, 1.54) is 6.07 Å². The molecule has 0 saturated carbocycles. The van der Waals surface area contributed by atoms with Crippen LogP contribution in [-0.4, -0.2) is 25.5 Å². The number of rotatable bonds is 7. The van der Waals surface area contributed by atoms with E-state index in [2.05, 4.69) is 4.72 Å². The summed E-state index contributed by atoms with van der Waals surface area (Å²) in [5.74, 6) is -1.18. The summed E-state index contributed by atoms with van der Waals surface area (Å²) >= 11 is 6.69. The fourth-order valence-corrected chi connectivity index (χ4v) is 4.28. The van der Waals surface area contributed by atoms with Crippen molar-refractivity contribution in [3.8, 4) is 0 Å². The highest BCUT2D eigenvalue weighted by Crippen LogP contribution is 2.27. The van der Waals surface area contributed by atoms with Crippen LogP contribution < -0.4 is 4.72 Å². The molecule has 0 radical (unpaired) electrons. The molecule has 1 heterocycles. The Labute approximate surface area is 115 Å². The van der Waals surface area contributed by atoms with Gasteiger partial charge in [0.15, 0.2) is 4.21 Å². The van der Waals surface area contributed by atoms with E-state index in [1.54, 1.807) is 5.38 Å². The third-order valence-electron chi connectivity index (χ3n) is 2.27. The van der Waals surface area contributed by atoms with Crippen molar-refractivity contribution >= 4 is 38.9 Å². The van der Waals surface area contributed by atoms with E-state index in [-0.39, 0.29) is 15.7 Å². The molecule has 0 amide bonds. The maximum atomic E-state index is 11.9. The smallest absolute Gasteiger partial charge is 0.321 e. The lowest BCUT2D eigenvalue weighted by molar-refractivity contribution is -0.139. The Kier molecular flexibility index (Phi) is 5.58. The highest BCUT2D eigenvalue weighted by molar-refractivity contribution is 7.91. The Bertz CT molecular complexity index is 512. The highest BCUT2D eigenvalue weighted by Gasteiger charge is 2.27. The summed E-state index contributed by atoms with van der Waals surface area (Å²) in [6.07, 6.45) is 1.69. The first-order valence-electron chi connectivity index (χ1n) is 5.36. The topological polar surface area (TPSA) is 83.5 Å². The summed E-state index contributed by atoms with van der Waals surface area (Å²) in [7, 11) is -3.87. The van der Waals surface area contributed by atoms with Crippen molar-refractivity contribution in [1.29, 1.82) is 0 Å². The average Bonchev–Trinajstić information content (AvgIpc) is 2.71. The first kappa shape index (κ1) is 15.4. The molecule has 18 heavy (non-hydrogen) atoms. The maximum absolute atomic E-state index is 11.9. The zero-order valence-electron chi connectivity index (χ0n) is 9.72. The maximum Gasteiger partial charge on any atom is 0.321 e. The van der Waals surface area contributed by atoms with Crippen molar-refractivity contribution in [1.82, 2.24) is 4.72 Å². The summed E-state index contributed by atoms with van der Waals surface area (Å²) in [5.41, 5.74) is 0. The SMILES string of the molecule is CCCCC(NS(=O)(=O)c1sccc1Cl)C(=O)O. The number of nitrogens with one attached hydrogen (secondary N) is 1. The summed E-state index contributed by atoms with van der Waals surface area (Å²) in [4.78, 5) is 11.0. The predicted octanol–water partition coefficient (Wildman–Crippen LogP) is 2.32. The minimum atomic E-state index is -3.87. The predicted molar refractivity (Wildman–Crippen MR) is 70.6 cm³/mol. The van der Waals surface area contributed by atoms with Gasteiger partial charge in [-0.3, -0.25) is 4.79 Å². The molecule has 1 aromatic rings. The van der Waals surface area contributed by atoms with E-state index < -0.39 is 22.0 Å². The van der Waals surface area contributed by atoms with Crippen molar-refractivity contribution in [2.75, 3.05) is 0 Å². The molecule has 0 aliphatic heterocycles. The van der Waals surface area contributed by atoms with Gasteiger partial charge < -0.3 is 5.11 Å². The second kappa shape index (κ2) is 6.51. The van der Waals surface area contributed by atoms with Crippen LogP contribution in [0.25, 0.3) is 0 Å². The van der Waals surface area contributed by atoms with Gasteiger partial charge in [0.2, 0.25) is 0 Å². The zero-order valence-corrected chi connectivity index (χ0v) is 12.1. The van der Waals surface area contributed by atoms with Crippen LogP contribution in [0.3, 0.4) is 0 Å². The van der Waals surface area contributed by atoms with E-state index >= 15 is 0 Å². The largest absolute Gasteiger partial charge is 0.480 e. The lowest BCUT2D eigenvalue weighted by Crippen LogP contribution is -2.40. The molecule has 0 bridgehead atoms. The third-order valence-corrected chi connectivity index (χ3v) is 5.77. The van der Waals surface area contributed by atoms with E-state index in [0.717, 1.165) is 17.8 Å². The molecular weight excluding hydrogens is 298 g/mol. The van der Waals surface area contributed by atoms with Crippen LogP contribution in [0, 0.1) is 0 Å². The second-order valence-electron chi connectivity index (χ2n) is 3.71. The molecule has 0 spiro atoms. The first-order chi connectivity index (χ1) is 8.38. The number of carbonyl (C=O) groups is 1. The van der Waals surface area contributed by atoms with Gasteiger partial charge in [0, 0.05) is 0 Å². The van der Waals surface area contributed by atoms with Crippen molar-refractivity contribution in [2.24, 2.45) is 0 Å². The van der Waals surface area contributed by atoms with Gasteiger partial charge in [-0.25, -0.2) is 8.42 Å². The molecule has 1 unspecified atom stereocenters. The lowest BCUT2D eigenvalue weighted by atomic mass is 10.1. The zero-order chi connectivity index (χ0) is 13.8. The first-order valence-corrected chi connectivity index (χ1v) is 8.10. The van der Waals surface area contributed by atoms with Crippen LogP contribution in [-0.2, 0) is 14.8 Å². The molecule has 8 heteroatoms. The molecule has 0 aromatic carbocycles. The van der Waals surface area contributed by atoms with Gasteiger partial charge >= 0.3 is 5.97 Å². The van der Waals surface area contributed by atoms with Gasteiger partial charge in [-0.05, 0) is 17.9 Å². The Balaban J connectivity index is 2.86. The van der Waals surface area contributed by atoms with Crippen LogP contribution in [0.5, 0.6) is 0 Å². The van der Waals surface area contributed by atoms with Crippen LogP contribution >= 0.6 is 22.9 Å². The van der Waals surface area contributed by atoms with Gasteiger partial charge in [-0.1, -0.05) is 31.4 Å². The van der Waals surface area contributed by atoms with Crippen molar-refractivity contribution in [2.45, 2.75) is 36.4 Å². The standard InChI is InChI=1S/C10H14ClNO4S2/c1-2-3-4-8(9(13)14)12-18(15,16)10-7(11)5-6-17-10/h5-6,8,12H,2-4H2,1H3,(H,13,14). The van der Waals surface area contributed by atoms with Crippen molar-refractivity contribution < 1.29 is 18.3 Å². The normalized spacial score (nSPS) is 13.4. The van der Waals surface area contributed by atoms with Crippen LogP contribution in [0.1, 0.15) is 26.2 Å². The second-order valence-corrected chi connectivity index (χ2v) is 6.94. The molecule has 1 atom stereocenters. The number of hydrogen-bond donors (Lipinski definition) is 2. The quantitative estimate of drug-likeness (QED) is 0.809. The monoisotopic (exact) mass is 311 g/mol. The molecule has 0 aliphatic carbocycles. The Morgan fingerprint density at radius 1 is 1.61 bits per heavy atom. The number of hydrogen-bond acceptors (Lipinski definition) is 4. The molecule has 5 nitrogen and oxygen atoms in total. The fourth-order valence-electron chi connectivity index (χ4n) is 1.35. The summed E-state index contributed by atoms with van der Waals surface area (Å²) in [5, 5.41) is 10.6. The van der Waals surface area contributed by atoms with Crippen LogP contribution in [0.2, 0.25) is 5.02 Å². The van der Waals surface area contributed by atoms with E-state index in [9.17, 15) is 13.2 Å². The Morgan fingerprint density at radius 3 is 2.72 bits per heavy atom. The molecule has 0 saturated heterocycles. The molecule has 0 aliphatic rings. The number of thiophene rings is 1. The molecule has 2 N–H and O–H groups in total. The number of carboxylic acids is 1. The summed E-state index contributed by atoms with van der Waals surface area (Å²) in [6.45, 7) is 1.91. The highest BCUT2D eigenvalue weighted by atomic mass is 35.5. The fraction of sp³-hybridized carbons (Fsp3) is 0.500. The Hall–Kier alpha value is -0.630. The van der Waals surface area contributed by atoms with Crippen molar-refractivity contribution in [3.05, 3.63) is 16.5 Å². The van der Waals surface area contributed by atoms with Gasteiger partial charge in [0.05, 0.1) is 5.02 Å². The van der Waals surface area contributed by atoms with Gasteiger partial charge in [0.1, 0.15) is 6.04 Å². The molecule has 102 valence electrons. The van der Waals surface area contributed by atoms with Gasteiger partial charge in [0.25, 0.3) is 10.0 Å². The number of halogens is 1. The molecule has 1 aromatic heterocycles.